The Morgan fingerprint density at radius 1 is 1.28 bits per heavy atom. The molecule has 0 spiro atoms. The molecular weight excluding hydrogens is 389 g/mol. The highest BCUT2D eigenvalue weighted by molar-refractivity contribution is 6.40. The molecule has 154 valence electrons. The van der Waals surface area contributed by atoms with Crippen LogP contribution in [0.1, 0.15) is 12.2 Å². The van der Waals surface area contributed by atoms with E-state index >= 15 is 0 Å². The van der Waals surface area contributed by atoms with E-state index in [1.54, 1.807) is 30.3 Å². The second-order valence-electron chi connectivity index (χ2n) is 6.60. The molecule has 1 aliphatic rings. The number of benzene rings is 1. The maximum Gasteiger partial charge on any atom is 0.406 e. The SMILES string of the molecule is CN(Cc1nccn1CC(F)(F)F)C(=O)C1=NN(c2ccccc2)C(C(N)=O)C1. The van der Waals surface area contributed by atoms with Gasteiger partial charge in [-0.25, -0.2) is 4.98 Å². The highest BCUT2D eigenvalue weighted by Gasteiger charge is 2.36. The van der Waals surface area contributed by atoms with Crippen LogP contribution in [-0.4, -0.2) is 51.2 Å². The number of hydrogen-bond donors (Lipinski definition) is 1. The number of rotatable bonds is 6. The molecular formula is C18H19F3N6O2. The molecule has 3 rings (SSSR count). The van der Waals surface area contributed by atoms with Crippen LogP contribution in [-0.2, 0) is 22.7 Å². The van der Waals surface area contributed by atoms with Crippen LogP contribution in [0.3, 0.4) is 0 Å². The second-order valence-corrected chi connectivity index (χ2v) is 6.60. The summed E-state index contributed by atoms with van der Waals surface area (Å²) >= 11 is 0. The predicted molar refractivity (Wildman–Crippen MR) is 98.7 cm³/mol. The number of para-hydroxylation sites is 1. The lowest BCUT2D eigenvalue weighted by Crippen LogP contribution is -2.40. The quantitative estimate of drug-likeness (QED) is 0.784. The minimum atomic E-state index is -4.40. The Hall–Kier alpha value is -3.37. The molecule has 0 saturated heterocycles. The molecule has 0 fully saturated rings. The first-order valence-corrected chi connectivity index (χ1v) is 8.69. The van der Waals surface area contributed by atoms with Crippen molar-refractivity contribution in [2.45, 2.75) is 31.7 Å². The van der Waals surface area contributed by atoms with Crippen LogP contribution in [0.15, 0.2) is 47.8 Å². The average molecular weight is 408 g/mol. The maximum absolute atomic E-state index is 12.8. The minimum absolute atomic E-state index is 0.00436. The fourth-order valence-electron chi connectivity index (χ4n) is 3.01. The number of carbonyl (C=O) groups is 2. The number of anilines is 1. The Morgan fingerprint density at radius 3 is 2.59 bits per heavy atom. The van der Waals surface area contributed by atoms with E-state index in [1.807, 2.05) is 0 Å². The summed E-state index contributed by atoms with van der Waals surface area (Å²) < 4.78 is 38.9. The van der Waals surface area contributed by atoms with E-state index in [0.29, 0.717) is 5.69 Å². The zero-order valence-electron chi connectivity index (χ0n) is 15.5. The number of hydrazone groups is 1. The second kappa shape index (κ2) is 7.94. The molecule has 1 aromatic carbocycles. The monoisotopic (exact) mass is 408 g/mol. The van der Waals surface area contributed by atoms with Gasteiger partial charge in [-0.1, -0.05) is 18.2 Å². The van der Waals surface area contributed by atoms with Crippen LogP contribution in [0, 0.1) is 0 Å². The van der Waals surface area contributed by atoms with Gasteiger partial charge >= 0.3 is 6.18 Å². The van der Waals surface area contributed by atoms with Crippen LogP contribution in [0.25, 0.3) is 0 Å². The zero-order chi connectivity index (χ0) is 21.2. The smallest absolute Gasteiger partial charge is 0.368 e. The molecule has 0 radical (unpaired) electrons. The van der Waals surface area contributed by atoms with Gasteiger partial charge in [0.2, 0.25) is 5.91 Å². The van der Waals surface area contributed by atoms with Crippen LogP contribution < -0.4 is 10.7 Å². The van der Waals surface area contributed by atoms with Crippen molar-refractivity contribution in [2.24, 2.45) is 10.8 Å². The molecule has 2 N–H and O–H groups in total. The van der Waals surface area contributed by atoms with Crippen LogP contribution in [0.5, 0.6) is 0 Å². The largest absolute Gasteiger partial charge is 0.406 e. The third-order valence-electron chi connectivity index (χ3n) is 4.38. The van der Waals surface area contributed by atoms with Gasteiger partial charge < -0.3 is 15.2 Å². The van der Waals surface area contributed by atoms with E-state index in [4.69, 9.17) is 5.73 Å². The summed E-state index contributed by atoms with van der Waals surface area (Å²) in [5.41, 5.74) is 6.14. The molecule has 0 aliphatic carbocycles. The third kappa shape index (κ3) is 4.73. The van der Waals surface area contributed by atoms with Gasteiger partial charge in [-0.2, -0.15) is 18.3 Å². The molecule has 1 aliphatic heterocycles. The van der Waals surface area contributed by atoms with Crippen molar-refractivity contribution in [3.63, 3.8) is 0 Å². The summed E-state index contributed by atoms with van der Waals surface area (Å²) in [5, 5.41) is 5.63. The highest BCUT2D eigenvalue weighted by atomic mass is 19.4. The van der Waals surface area contributed by atoms with Crippen molar-refractivity contribution in [1.82, 2.24) is 14.5 Å². The minimum Gasteiger partial charge on any atom is -0.368 e. The molecule has 2 amide bonds. The summed E-state index contributed by atoms with van der Waals surface area (Å²) in [5.74, 6) is -1.07. The van der Waals surface area contributed by atoms with E-state index in [1.165, 1.54) is 29.4 Å². The van der Waals surface area contributed by atoms with Gasteiger partial charge in [-0.3, -0.25) is 14.6 Å². The summed E-state index contributed by atoms with van der Waals surface area (Å²) in [7, 11) is 1.43. The Balaban J connectivity index is 1.76. The molecule has 0 bridgehead atoms. The number of primary amides is 1. The first-order valence-electron chi connectivity index (χ1n) is 8.69. The summed E-state index contributed by atoms with van der Waals surface area (Å²) in [6.45, 7) is -1.34. The lowest BCUT2D eigenvalue weighted by molar-refractivity contribution is -0.141. The number of aromatic nitrogens is 2. The average Bonchev–Trinajstić information content (AvgIpc) is 3.28. The third-order valence-corrected chi connectivity index (χ3v) is 4.38. The van der Waals surface area contributed by atoms with E-state index in [9.17, 15) is 22.8 Å². The van der Waals surface area contributed by atoms with Gasteiger partial charge in [-0.15, -0.1) is 0 Å². The van der Waals surface area contributed by atoms with Crippen LogP contribution >= 0.6 is 0 Å². The number of amides is 2. The van der Waals surface area contributed by atoms with Crippen molar-refractivity contribution >= 4 is 23.2 Å². The first kappa shape index (κ1) is 20.4. The molecule has 0 saturated carbocycles. The first-order chi connectivity index (χ1) is 13.7. The van der Waals surface area contributed by atoms with Crippen molar-refractivity contribution in [3.05, 3.63) is 48.5 Å². The Morgan fingerprint density at radius 2 is 1.97 bits per heavy atom. The molecule has 11 heteroatoms. The van der Waals surface area contributed by atoms with Crippen LogP contribution in [0.4, 0.5) is 18.9 Å². The van der Waals surface area contributed by atoms with Crippen molar-refractivity contribution in [2.75, 3.05) is 12.1 Å². The standard InChI is InChI=1S/C18H19F3N6O2/c1-25(10-15-23-7-8-26(15)11-18(19,20)21)17(29)13-9-14(16(22)28)27(24-13)12-5-3-2-4-6-12/h2-8,14H,9-11H2,1H3,(H2,22,28). The van der Waals surface area contributed by atoms with Crippen molar-refractivity contribution in [3.8, 4) is 0 Å². The number of halogens is 3. The summed E-state index contributed by atoms with van der Waals surface area (Å²) in [6, 6.07) is 7.95. The molecule has 2 heterocycles. The van der Waals surface area contributed by atoms with Gasteiger partial charge in [0.1, 0.15) is 24.1 Å². The summed E-state index contributed by atoms with van der Waals surface area (Å²) in [6.07, 6.45) is -1.95. The van der Waals surface area contributed by atoms with Crippen molar-refractivity contribution in [1.29, 1.82) is 0 Å². The molecule has 29 heavy (non-hydrogen) atoms. The lowest BCUT2D eigenvalue weighted by Gasteiger charge is -2.20. The van der Waals surface area contributed by atoms with Gasteiger partial charge in [0.25, 0.3) is 5.91 Å². The van der Waals surface area contributed by atoms with E-state index < -0.39 is 30.6 Å². The Bertz CT molecular complexity index is 925. The highest BCUT2D eigenvalue weighted by Crippen LogP contribution is 2.25. The van der Waals surface area contributed by atoms with E-state index in [-0.39, 0.29) is 24.5 Å². The van der Waals surface area contributed by atoms with Gasteiger partial charge in [-0.05, 0) is 12.1 Å². The number of carbonyl (C=O) groups excluding carboxylic acids is 2. The predicted octanol–water partition coefficient (Wildman–Crippen LogP) is 1.52. The fraction of sp³-hybridized carbons (Fsp3) is 0.333. The Labute approximate surface area is 164 Å². The molecule has 1 aromatic heterocycles. The number of imidazole rings is 1. The fourth-order valence-corrected chi connectivity index (χ4v) is 3.01. The van der Waals surface area contributed by atoms with Gasteiger partial charge in [0.15, 0.2) is 0 Å². The van der Waals surface area contributed by atoms with Gasteiger partial charge in [0.05, 0.1) is 12.2 Å². The summed E-state index contributed by atoms with van der Waals surface area (Å²) in [4.78, 5) is 29.7. The van der Waals surface area contributed by atoms with E-state index in [0.717, 1.165) is 4.57 Å². The zero-order valence-corrected chi connectivity index (χ0v) is 15.5. The van der Waals surface area contributed by atoms with Crippen LogP contribution in [0.2, 0.25) is 0 Å². The molecule has 2 aromatic rings. The number of nitrogens with two attached hydrogens (primary N) is 1. The topological polar surface area (TPSA) is 96.8 Å². The van der Waals surface area contributed by atoms with Crippen molar-refractivity contribution < 1.29 is 22.8 Å². The van der Waals surface area contributed by atoms with Gasteiger partial charge in [0, 0.05) is 25.9 Å². The Kier molecular flexibility index (Phi) is 5.57. The molecule has 1 unspecified atom stereocenters. The normalized spacial score (nSPS) is 16.6. The molecule has 8 nitrogen and oxygen atoms in total. The number of hydrogen-bond acceptors (Lipinski definition) is 5. The molecule has 1 atom stereocenters. The number of alkyl halides is 3. The number of nitrogens with zero attached hydrogens (tertiary/aromatic N) is 5. The van der Waals surface area contributed by atoms with E-state index in [2.05, 4.69) is 10.1 Å². The lowest BCUT2D eigenvalue weighted by atomic mass is 10.1. The maximum atomic E-state index is 12.8.